The summed E-state index contributed by atoms with van der Waals surface area (Å²) in [5.74, 6) is 0.918. The monoisotopic (exact) mass is 273 g/mol. The average molecular weight is 273 g/mol. The van der Waals surface area contributed by atoms with Crippen LogP contribution in [-0.4, -0.2) is 22.9 Å². The molecule has 0 bridgehead atoms. The number of nitrogens with zero attached hydrogens (tertiary/aromatic N) is 2. The molecule has 0 atom stereocenters. The number of aromatic nitrogens is 2. The zero-order chi connectivity index (χ0) is 14.2. The molecule has 0 spiro atoms. The first-order valence-electron chi connectivity index (χ1n) is 7.27. The fourth-order valence-corrected chi connectivity index (χ4v) is 2.08. The van der Waals surface area contributed by atoms with Crippen LogP contribution in [0, 0.1) is 0 Å². The summed E-state index contributed by atoms with van der Waals surface area (Å²) in [5, 5.41) is 7.94. The number of benzene rings is 1. The Morgan fingerprint density at radius 3 is 2.70 bits per heavy atom. The normalized spacial score (nSPS) is 10.7. The minimum absolute atomic E-state index is 0.672. The van der Waals surface area contributed by atoms with Crippen molar-refractivity contribution in [1.29, 1.82) is 0 Å². The van der Waals surface area contributed by atoms with Crippen LogP contribution in [0.5, 0.6) is 5.75 Å². The number of aryl methyl sites for hydroxylation is 2. The predicted molar refractivity (Wildman–Crippen MR) is 80.9 cm³/mol. The first-order valence-corrected chi connectivity index (χ1v) is 7.27. The van der Waals surface area contributed by atoms with E-state index in [1.165, 1.54) is 5.69 Å². The summed E-state index contributed by atoms with van der Waals surface area (Å²) in [7, 11) is 0. The highest BCUT2D eigenvalue weighted by Gasteiger charge is 2.04. The van der Waals surface area contributed by atoms with Gasteiger partial charge in [0.25, 0.3) is 0 Å². The van der Waals surface area contributed by atoms with Gasteiger partial charge in [0.05, 0.1) is 11.4 Å². The second-order valence-electron chi connectivity index (χ2n) is 4.63. The zero-order valence-corrected chi connectivity index (χ0v) is 12.3. The van der Waals surface area contributed by atoms with Crippen molar-refractivity contribution in [3.8, 4) is 5.75 Å². The zero-order valence-electron chi connectivity index (χ0n) is 12.3. The topological polar surface area (TPSA) is 39.1 Å². The number of rotatable bonds is 8. The standard InChI is InChI=1S/C16H23N3O/c1-3-14-12-15(19(4-2)18-14)13-17-10-11-20-16-8-6-5-7-9-16/h5-9,12,17H,3-4,10-11,13H2,1-2H3. The highest BCUT2D eigenvalue weighted by Crippen LogP contribution is 2.08. The third-order valence-electron chi connectivity index (χ3n) is 3.17. The number of nitrogens with one attached hydrogen (secondary N) is 1. The van der Waals surface area contributed by atoms with Gasteiger partial charge in [-0.1, -0.05) is 25.1 Å². The molecule has 0 aliphatic rings. The van der Waals surface area contributed by atoms with Crippen LogP contribution in [0.15, 0.2) is 36.4 Å². The van der Waals surface area contributed by atoms with Gasteiger partial charge in [0.15, 0.2) is 0 Å². The second-order valence-corrected chi connectivity index (χ2v) is 4.63. The molecular weight excluding hydrogens is 250 g/mol. The van der Waals surface area contributed by atoms with Gasteiger partial charge in [-0.3, -0.25) is 4.68 Å². The van der Waals surface area contributed by atoms with E-state index in [1.54, 1.807) is 0 Å². The molecule has 4 nitrogen and oxygen atoms in total. The molecule has 2 rings (SSSR count). The van der Waals surface area contributed by atoms with Crippen molar-refractivity contribution in [3.63, 3.8) is 0 Å². The summed E-state index contributed by atoms with van der Waals surface area (Å²) < 4.78 is 7.70. The molecule has 0 aliphatic heterocycles. The molecule has 2 aromatic rings. The summed E-state index contributed by atoms with van der Waals surface area (Å²) >= 11 is 0. The molecular formula is C16H23N3O. The van der Waals surface area contributed by atoms with Crippen molar-refractivity contribution >= 4 is 0 Å². The van der Waals surface area contributed by atoms with Gasteiger partial charge in [-0.2, -0.15) is 5.10 Å². The van der Waals surface area contributed by atoms with Crippen LogP contribution in [0.25, 0.3) is 0 Å². The van der Waals surface area contributed by atoms with Crippen molar-refractivity contribution in [2.45, 2.75) is 33.4 Å². The summed E-state index contributed by atoms with van der Waals surface area (Å²) in [6, 6.07) is 12.1. The maximum Gasteiger partial charge on any atom is 0.119 e. The van der Waals surface area contributed by atoms with E-state index in [0.717, 1.165) is 37.5 Å². The van der Waals surface area contributed by atoms with E-state index in [0.29, 0.717) is 6.61 Å². The molecule has 0 unspecified atom stereocenters. The lowest BCUT2D eigenvalue weighted by Gasteiger charge is -2.08. The van der Waals surface area contributed by atoms with Gasteiger partial charge >= 0.3 is 0 Å². The van der Waals surface area contributed by atoms with E-state index in [1.807, 2.05) is 30.3 Å². The summed E-state index contributed by atoms with van der Waals surface area (Å²) in [6.07, 6.45) is 0.983. The Hall–Kier alpha value is -1.81. The Balaban J connectivity index is 1.72. The van der Waals surface area contributed by atoms with E-state index in [9.17, 15) is 0 Å². The first-order chi connectivity index (χ1) is 9.83. The number of hydrogen-bond donors (Lipinski definition) is 1. The lowest BCUT2D eigenvalue weighted by Crippen LogP contribution is -2.22. The Morgan fingerprint density at radius 1 is 1.20 bits per heavy atom. The van der Waals surface area contributed by atoms with Crippen molar-refractivity contribution in [3.05, 3.63) is 47.8 Å². The van der Waals surface area contributed by atoms with Crippen LogP contribution in [0.2, 0.25) is 0 Å². The Labute approximate surface area is 120 Å². The molecule has 20 heavy (non-hydrogen) atoms. The number of ether oxygens (including phenoxy) is 1. The second kappa shape index (κ2) is 7.70. The smallest absolute Gasteiger partial charge is 0.119 e. The summed E-state index contributed by atoms with van der Waals surface area (Å²) in [6.45, 7) is 7.49. The van der Waals surface area contributed by atoms with E-state index in [2.05, 4.69) is 35.0 Å². The van der Waals surface area contributed by atoms with E-state index < -0.39 is 0 Å². The van der Waals surface area contributed by atoms with Crippen molar-refractivity contribution in [2.24, 2.45) is 0 Å². The SMILES string of the molecule is CCc1cc(CNCCOc2ccccc2)n(CC)n1. The molecule has 4 heteroatoms. The van der Waals surface area contributed by atoms with Crippen molar-refractivity contribution < 1.29 is 4.74 Å². The highest BCUT2D eigenvalue weighted by molar-refractivity contribution is 5.20. The third kappa shape index (κ3) is 4.10. The van der Waals surface area contributed by atoms with Crippen LogP contribution >= 0.6 is 0 Å². The van der Waals surface area contributed by atoms with Crippen LogP contribution in [0.3, 0.4) is 0 Å². The third-order valence-corrected chi connectivity index (χ3v) is 3.17. The van der Waals surface area contributed by atoms with Gasteiger partial charge in [0.1, 0.15) is 12.4 Å². The fourth-order valence-electron chi connectivity index (χ4n) is 2.08. The predicted octanol–water partition coefficient (Wildman–Crippen LogP) is 2.63. The lowest BCUT2D eigenvalue weighted by molar-refractivity contribution is 0.313. The molecule has 0 radical (unpaired) electrons. The van der Waals surface area contributed by atoms with Crippen LogP contribution < -0.4 is 10.1 Å². The first kappa shape index (κ1) is 14.6. The molecule has 108 valence electrons. The number of para-hydroxylation sites is 1. The molecule has 0 saturated heterocycles. The van der Waals surface area contributed by atoms with Gasteiger partial charge in [-0.15, -0.1) is 0 Å². The quantitative estimate of drug-likeness (QED) is 0.752. The van der Waals surface area contributed by atoms with Gasteiger partial charge in [-0.25, -0.2) is 0 Å². The van der Waals surface area contributed by atoms with Gasteiger partial charge in [-0.05, 0) is 31.5 Å². The highest BCUT2D eigenvalue weighted by atomic mass is 16.5. The Bertz CT molecular complexity index is 508. The Kier molecular flexibility index (Phi) is 5.62. The molecule has 1 aromatic carbocycles. The summed E-state index contributed by atoms with van der Waals surface area (Å²) in [4.78, 5) is 0. The van der Waals surface area contributed by atoms with Gasteiger partial charge < -0.3 is 10.1 Å². The molecule has 1 heterocycles. The lowest BCUT2D eigenvalue weighted by atomic mass is 10.3. The maximum atomic E-state index is 5.64. The summed E-state index contributed by atoms with van der Waals surface area (Å²) in [5.41, 5.74) is 2.40. The molecule has 1 N–H and O–H groups in total. The minimum Gasteiger partial charge on any atom is -0.492 e. The van der Waals surface area contributed by atoms with Crippen molar-refractivity contribution in [1.82, 2.24) is 15.1 Å². The van der Waals surface area contributed by atoms with E-state index in [-0.39, 0.29) is 0 Å². The molecule has 0 saturated carbocycles. The van der Waals surface area contributed by atoms with Crippen LogP contribution in [-0.2, 0) is 19.5 Å². The van der Waals surface area contributed by atoms with E-state index >= 15 is 0 Å². The number of hydrogen-bond acceptors (Lipinski definition) is 3. The maximum absolute atomic E-state index is 5.64. The van der Waals surface area contributed by atoms with E-state index in [4.69, 9.17) is 4.74 Å². The van der Waals surface area contributed by atoms with Crippen LogP contribution in [0.4, 0.5) is 0 Å². The molecule has 0 fully saturated rings. The van der Waals surface area contributed by atoms with Gasteiger partial charge in [0.2, 0.25) is 0 Å². The van der Waals surface area contributed by atoms with Crippen molar-refractivity contribution in [2.75, 3.05) is 13.2 Å². The largest absolute Gasteiger partial charge is 0.492 e. The van der Waals surface area contributed by atoms with Crippen LogP contribution in [0.1, 0.15) is 25.2 Å². The minimum atomic E-state index is 0.672. The average Bonchev–Trinajstić information content (AvgIpc) is 2.90. The molecule has 0 aliphatic carbocycles. The molecule has 1 aromatic heterocycles. The van der Waals surface area contributed by atoms with Gasteiger partial charge in [0, 0.05) is 19.6 Å². The molecule has 0 amide bonds. The fraction of sp³-hybridized carbons (Fsp3) is 0.438. The Morgan fingerprint density at radius 2 is 2.00 bits per heavy atom.